The summed E-state index contributed by atoms with van der Waals surface area (Å²) < 4.78 is 39.9. The molecule has 11 heteroatoms. The summed E-state index contributed by atoms with van der Waals surface area (Å²) >= 11 is 6.70. The number of halogens is 2. The molecule has 184 valence electrons. The van der Waals surface area contributed by atoms with Crippen molar-refractivity contribution in [3.8, 4) is 11.5 Å². The molecule has 8 nitrogen and oxygen atoms in total. The lowest BCUT2D eigenvalue weighted by Crippen LogP contribution is -2.39. The van der Waals surface area contributed by atoms with E-state index < -0.39 is 22.5 Å². The molecule has 3 aromatic rings. The minimum Gasteiger partial charge on any atom is -0.496 e. The Morgan fingerprint density at radius 3 is 2.29 bits per heavy atom. The van der Waals surface area contributed by atoms with Gasteiger partial charge in [0.15, 0.2) is 0 Å². The number of methoxy groups -OCH3 is 2. The van der Waals surface area contributed by atoms with Gasteiger partial charge in [-0.15, -0.1) is 0 Å². The van der Waals surface area contributed by atoms with Crippen LogP contribution in [0.5, 0.6) is 11.5 Å². The first-order valence-corrected chi connectivity index (χ1v) is 13.3. The standard InChI is InChI=1S/C24H23Br2N3O5S/c1-16-4-7-19(8-5-16)29(35(31,32)20-9-11-23(34-3)21(26)13-20)15-24(30)28-27-14-17-12-18(25)6-10-22(17)33-2/h4-14H,15H2,1-3H3,(H,28,30)/b27-14-. The number of hydrazone groups is 1. The number of rotatable bonds is 9. The zero-order valence-electron chi connectivity index (χ0n) is 19.2. The van der Waals surface area contributed by atoms with E-state index in [-0.39, 0.29) is 4.90 Å². The molecule has 0 atom stereocenters. The average Bonchev–Trinajstić information content (AvgIpc) is 2.83. The lowest BCUT2D eigenvalue weighted by Gasteiger charge is -2.24. The number of ether oxygens (including phenoxy) is 2. The van der Waals surface area contributed by atoms with Crippen molar-refractivity contribution in [2.45, 2.75) is 11.8 Å². The number of aryl methyl sites for hydroxylation is 1. The van der Waals surface area contributed by atoms with Crippen LogP contribution in [0, 0.1) is 6.92 Å². The van der Waals surface area contributed by atoms with E-state index in [1.165, 1.54) is 32.6 Å². The van der Waals surface area contributed by atoms with Crippen LogP contribution in [0.1, 0.15) is 11.1 Å². The van der Waals surface area contributed by atoms with Gasteiger partial charge in [-0.3, -0.25) is 9.10 Å². The summed E-state index contributed by atoms with van der Waals surface area (Å²) in [6.07, 6.45) is 1.42. The van der Waals surface area contributed by atoms with Gasteiger partial charge in [-0.05, 0) is 71.4 Å². The molecular formula is C24H23Br2N3O5S. The van der Waals surface area contributed by atoms with E-state index in [0.29, 0.717) is 27.2 Å². The SMILES string of the molecule is COc1ccc(S(=O)(=O)N(CC(=O)N/N=C\c2cc(Br)ccc2OC)c2ccc(C)cc2)cc1Br. The topological polar surface area (TPSA) is 97.3 Å². The third-order valence-corrected chi connectivity index (χ3v) is 7.79. The zero-order valence-corrected chi connectivity index (χ0v) is 23.1. The predicted octanol–water partition coefficient (Wildman–Crippen LogP) is 4.88. The number of amides is 1. The summed E-state index contributed by atoms with van der Waals surface area (Å²) in [5.41, 5.74) is 4.32. The van der Waals surface area contributed by atoms with Crippen molar-refractivity contribution in [2.75, 3.05) is 25.1 Å². The fourth-order valence-corrected chi connectivity index (χ4v) is 5.63. The fraction of sp³-hybridized carbons (Fsp3) is 0.167. The van der Waals surface area contributed by atoms with Gasteiger partial charge in [-0.2, -0.15) is 5.10 Å². The van der Waals surface area contributed by atoms with Gasteiger partial charge in [0.05, 0.1) is 35.5 Å². The van der Waals surface area contributed by atoms with Crippen molar-refractivity contribution in [1.29, 1.82) is 0 Å². The van der Waals surface area contributed by atoms with Gasteiger partial charge < -0.3 is 9.47 Å². The molecule has 0 aliphatic heterocycles. The van der Waals surface area contributed by atoms with Crippen LogP contribution in [-0.4, -0.2) is 41.3 Å². The Labute approximate surface area is 221 Å². The third-order valence-electron chi connectivity index (χ3n) is 4.91. The number of nitrogens with one attached hydrogen (secondary N) is 1. The van der Waals surface area contributed by atoms with Gasteiger partial charge in [0.1, 0.15) is 18.0 Å². The van der Waals surface area contributed by atoms with E-state index in [1.807, 2.05) is 13.0 Å². The molecule has 0 saturated carbocycles. The highest BCUT2D eigenvalue weighted by Gasteiger charge is 2.28. The summed E-state index contributed by atoms with van der Waals surface area (Å²) in [4.78, 5) is 12.8. The molecule has 0 radical (unpaired) electrons. The second-order valence-electron chi connectivity index (χ2n) is 7.32. The summed E-state index contributed by atoms with van der Waals surface area (Å²) in [7, 11) is -1.08. The van der Waals surface area contributed by atoms with Crippen LogP contribution < -0.4 is 19.2 Å². The second-order valence-corrected chi connectivity index (χ2v) is 11.0. The van der Waals surface area contributed by atoms with Crippen LogP contribution in [0.3, 0.4) is 0 Å². The maximum Gasteiger partial charge on any atom is 0.264 e. The number of nitrogens with zero attached hydrogens (tertiary/aromatic N) is 2. The molecule has 0 saturated heterocycles. The lowest BCUT2D eigenvalue weighted by molar-refractivity contribution is -0.119. The zero-order chi connectivity index (χ0) is 25.6. The van der Waals surface area contributed by atoms with Gasteiger partial charge in [-0.25, -0.2) is 13.8 Å². The molecule has 0 bridgehead atoms. The quantitative estimate of drug-likeness (QED) is 0.270. The normalized spacial score (nSPS) is 11.3. The Hall–Kier alpha value is -2.89. The molecule has 3 aromatic carbocycles. The Bertz CT molecular complexity index is 1350. The number of benzene rings is 3. The summed E-state index contributed by atoms with van der Waals surface area (Å²) in [6.45, 7) is 1.41. The Morgan fingerprint density at radius 1 is 1.00 bits per heavy atom. The van der Waals surface area contributed by atoms with Crippen molar-refractivity contribution in [2.24, 2.45) is 5.10 Å². The maximum atomic E-state index is 13.5. The van der Waals surface area contributed by atoms with Gasteiger partial charge >= 0.3 is 0 Å². The Morgan fingerprint density at radius 2 is 1.66 bits per heavy atom. The highest BCUT2D eigenvalue weighted by molar-refractivity contribution is 9.10. The summed E-state index contributed by atoms with van der Waals surface area (Å²) in [6, 6.07) is 16.6. The molecule has 0 heterocycles. The van der Waals surface area contributed by atoms with E-state index in [0.717, 1.165) is 14.3 Å². The molecule has 0 unspecified atom stereocenters. The van der Waals surface area contributed by atoms with E-state index in [1.54, 1.807) is 42.5 Å². The maximum absolute atomic E-state index is 13.5. The van der Waals surface area contributed by atoms with E-state index in [2.05, 4.69) is 42.4 Å². The van der Waals surface area contributed by atoms with Gasteiger partial charge in [0.2, 0.25) is 0 Å². The second kappa shape index (κ2) is 11.7. The van der Waals surface area contributed by atoms with Crippen LogP contribution in [-0.2, 0) is 14.8 Å². The summed E-state index contributed by atoms with van der Waals surface area (Å²) in [5.74, 6) is 0.438. The molecule has 0 aliphatic carbocycles. The minimum atomic E-state index is -4.09. The Kier molecular flexibility index (Phi) is 8.92. The molecule has 1 N–H and O–H groups in total. The monoisotopic (exact) mass is 623 g/mol. The highest BCUT2D eigenvalue weighted by Crippen LogP contribution is 2.30. The Balaban J connectivity index is 1.88. The first-order chi connectivity index (χ1) is 16.6. The minimum absolute atomic E-state index is 0.000855. The number of carbonyl (C=O) groups is 1. The first-order valence-electron chi connectivity index (χ1n) is 10.2. The molecule has 35 heavy (non-hydrogen) atoms. The van der Waals surface area contributed by atoms with Crippen LogP contribution >= 0.6 is 31.9 Å². The number of hydrogen-bond donors (Lipinski definition) is 1. The van der Waals surface area contributed by atoms with Crippen molar-refractivity contribution < 1.29 is 22.7 Å². The molecule has 0 spiro atoms. The smallest absolute Gasteiger partial charge is 0.264 e. The van der Waals surface area contributed by atoms with Gasteiger partial charge in [-0.1, -0.05) is 33.6 Å². The number of carbonyl (C=O) groups excluding carboxylic acids is 1. The number of anilines is 1. The van der Waals surface area contributed by atoms with Crippen molar-refractivity contribution in [3.63, 3.8) is 0 Å². The first kappa shape index (κ1) is 26.7. The average molecular weight is 625 g/mol. The number of hydrogen-bond acceptors (Lipinski definition) is 6. The van der Waals surface area contributed by atoms with E-state index >= 15 is 0 Å². The molecule has 0 fully saturated rings. The lowest BCUT2D eigenvalue weighted by atomic mass is 10.2. The van der Waals surface area contributed by atoms with E-state index in [9.17, 15) is 13.2 Å². The van der Waals surface area contributed by atoms with Gasteiger partial charge in [0, 0.05) is 10.0 Å². The van der Waals surface area contributed by atoms with Crippen molar-refractivity contribution >= 4 is 59.7 Å². The van der Waals surface area contributed by atoms with E-state index in [4.69, 9.17) is 9.47 Å². The number of sulfonamides is 1. The third kappa shape index (κ3) is 6.62. The van der Waals surface area contributed by atoms with Crippen LogP contribution in [0.25, 0.3) is 0 Å². The van der Waals surface area contributed by atoms with Crippen LogP contribution in [0.2, 0.25) is 0 Å². The van der Waals surface area contributed by atoms with Crippen molar-refractivity contribution in [3.05, 3.63) is 80.7 Å². The van der Waals surface area contributed by atoms with Crippen LogP contribution in [0.4, 0.5) is 5.69 Å². The molecule has 0 aromatic heterocycles. The van der Waals surface area contributed by atoms with Crippen LogP contribution in [0.15, 0.2) is 79.6 Å². The molecule has 3 rings (SSSR count). The van der Waals surface area contributed by atoms with Gasteiger partial charge in [0.25, 0.3) is 15.9 Å². The largest absolute Gasteiger partial charge is 0.496 e. The summed E-state index contributed by atoms with van der Waals surface area (Å²) in [5, 5.41) is 3.97. The predicted molar refractivity (Wildman–Crippen MR) is 143 cm³/mol. The molecule has 1 amide bonds. The van der Waals surface area contributed by atoms with Crippen molar-refractivity contribution in [1.82, 2.24) is 5.43 Å². The molecule has 0 aliphatic rings. The molecular weight excluding hydrogens is 602 g/mol. The fourth-order valence-electron chi connectivity index (χ4n) is 3.11. The highest BCUT2D eigenvalue weighted by atomic mass is 79.9.